The smallest absolute Gasteiger partial charge is 0.154 e. The summed E-state index contributed by atoms with van der Waals surface area (Å²) < 4.78 is 12.0. The molecule has 3 aromatic rings. The predicted octanol–water partition coefficient (Wildman–Crippen LogP) is 1.71. The summed E-state index contributed by atoms with van der Waals surface area (Å²) in [6.45, 7) is 0. The highest BCUT2D eigenvalue weighted by atomic mass is 16.5. The van der Waals surface area contributed by atoms with Gasteiger partial charge < -0.3 is 14.6 Å². The molecule has 0 aliphatic heterocycles. The quantitative estimate of drug-likeness (QED) is 0.735. The van der Waals surface area contributed by atoms with Gasteiger partial charge in [0.05, 0.1) is 14.2 Å². The molecule has 7 nitrogen and oxygen atoms in total. The van der Waals surface area contributed by atoms with Crippen LogP contribution in [0.1, 0.15) is 17.0 Å². The number of methoxy groups -OCH3 is 2. The van der Waals surface area contributed by atoms with Crippen LogP contribution in [-0.4, -0.2) is 39.5 Å². The number of hydrogen-bond acceptors (Lipinski definition) is 6. The summed E-state index contributed by atoms with van der Waals surface area (Å²) >= 11 is 0. The van der Waals surface area contributed by atoms with E-state index in [1.165, 1.54) is 0 Å². The second-order valence-electron chi connectivity index (χ2n) is 5.71. The number of benzene rings is 2. The molecule has 7 heteroatoms. The second kappa shape index (κ2) is 6.90. The van der Waals surface area contributed by atoms with E-state index in [4.69, 9.17) is 9.47 Å². The minimum atomic E-state index is -1.29. The van der Waals surface area contributed by atoms with E-state index in [0.717, 1.165) is 22.6 Å². The van der Waals surface area contributed by atoms with Gasteiger partial charge in [-0.25, -0.2) is 4.68 Å². The fourth-order valence-electron chi connectivity index (χ4n) is 2.73. The lowest BCUT2D eigenvalue weighted by atomic mass is 9.83. The fraction of sp³-hybridized carbons (Fsp3) is 0.278. The molecular weight excluding hydrogens is 320 g/mol. The highest BCUT2D eigenvalue weighted by molar-refractivity contribution is 5.41. The molecule has 0 atom stereocenters. The molecule has 0 fully saturated rings. The summed E-state index contributed by atoms with van der Waals surface area (Å²) in [5.41, 5.74) is 0.157. The Morgan fingerprint density at radius 3 is 1.76 bits per heavy atom. The van der Waals surface area contributed by atoms with E-state index in [1.54, 1.807) is 25.9 Å². The Bertz CT molecular complexity index is 781. The van der Waals surface area contributed by atoms with Gasteiger partial charge in [-0.15, -0.1) is 5.10 Å². The molecule has 0 aliphatic carbocycles. The Morgan fingerprint density at radius 2 is 1.40 bits per heavy atom. The average molecular weight is 340 g/mol. The van der Waals surface area contributed by atoms with Gasteiger partial charge in [0.25, 0.3) is 0 Å². The maximum atomic E-state index is 11.6. The van der Waals surface area contributed by atoms with E-state index in [0.29, 0.717) is 5.82 Å². The highest BCUT2D eigenvalue weighted by Gasteiger charge is 2.34. The van der Waals surface area contributed by atoms with Crippen molar-refractivity contribution in [2.75, 3.05) is 14.2 Å². The number of aromatic nitrogens is 4. The van der Waals surface area contributed by atoms with E-state index >= 15 is 0 Å². The maximum absolute atomic E-state index is 11.6. The van der Waals surface area contributed by atoms with Gasteiger partial charge in [0.15, 0.2) is 5.82 Å². The molecule has 1 heterocycles. The molecular formula is C18H20N4O3. The Kier molecular flexibility index (Phi) is 4.67. The van der Waals surface area contributed by atoms with Crippen LogP contribution in [0.5, 0.6) is 11.5 Å². The zero-order valence-corrected chi connectivity index (χ0v) is 14.4. The number of tetrazole rings is 1. The predicted molar refractivity (Wildman–Crippen MR) is 91.5 cm³/mol. The number of aryl methyl sites for hydroxylation is 1. The molecule has 1 aromatic heterocycles. The van der Waals surface area contributed by atoms with Crippen molar-refractivity contribution in [2.45, 2.75) is 12.0 Å². The Morgan fingerprint density at radius 1 is 0.920 bits per heavy atom. The third-order valence-electron chi connectivity index (χ3n) is 4.26. The van der Waals surface area contributed by atoms with Gasteiger partial charge in [0, 0.05) is 13.5 Å². The van der Waals surface area contributed by atoms with Gasteiger partial charge in [0.2, 0.25) is 0 Å². The third kappa shape index (κ3) is 3.32. The lowest BCUT2D eigenvalue weighted by Crippen LogP contribution is -2.31. The van der Waals surface area contributed by atoms with Crippen LogP contribution in [0.25, 0.3) is 0 Å². The van der Waals surface area contributed by atoms with E-state index in [9.17, 15) is 5.11 Å². The summed E-state index contributed by atoms with van der Waals surface area (Å²) in [6, 6.07) is 14.6. The Balaban J connectivity index is 2.06. The van der Waals surface area contributed by atoms with Crippen LogP contribution in [0.2, 0.25) is 0 Å². The van der Waals surface area contributed by atoms with E-state index in [1.807, 2.05) is 48.5 Å². The average Bonchev–Trinajstić information content (AvgIpc) is 3.06. The number of ether oxygens (including phenoxy) is 2. The lowest BCUT2D eigenvalue weighted by molar-refractivity contribution is 0.0777. The summed E-state index contributed by atoms with van der Waals surface area (Å²) in [4.78, 5) is 0. The molecule has 0 saturated heterocycles. The molecule has 25 heavy (non-hydrogen) atoms. The van der Waals surface area contributed by atoms with Gasteiger partial charge in [-0.3, -0.25) is 0 Å². The zero-order chi connectivity index (χ0) is 17.9. The molecule has 1 N–H and O–H groups in total. The van der Waals surface area contributed by atoms with Gasteiger partial charge >= 0.3 is 0 Å². The van der Waals surface area contributed by atoms with Crippen LogP contribution in [-0.2, 0) is 19.1 Å². The van der Waals surface area contributed by atoms with Gasteiger partial charge in [-0.05, 0) is 45.8 Å². The molecule has 2 aromatic carbocycles. The molecule has 0 saturated carbocycles. The number of hydrogen-bond donors (Lipinski definition) is 1. The SMILES string of the molecule is COc1ccc(C(O)(Cc2nnnn2C)c2ccc(OC)cc2)cc1. The minimum absolute atomic E-state index is 0.231. The summed E-state index contributed by atoms with van der Waals surface area (Å²) in [5, 5.41) is 23.1. The van der Waals surface area contributed by atoms with Crippen molar-refractivity contribution in [3.8, 4) is 11.5 Å². The molecule has 0 aliphatic rings. The molecule has 130 valence electrons. The van der Waals surface area contributed by atoms with E-state index in [-0.39, 0.29) is 6.42 Å². The second-order valence-corrected chi connectivity index (χ2v) is 5.71. The fourth-order valence-corrected chi connectivity index (χ4v) is 2.73. The summed E-state index contributed by atoms with van der Waals surface area (Å²) in [5.74, 6) is 2.02. The minimum Gasteiger partial charge on any atom is -0.497 e. The van der Waals surface area contributed by atoms with Crippen molar-refractivity contribution in [1.82, 2.24) is 20.2 Å². The first-order chi connectivity index (χ1) is 12.1. The zero-order valence-electron chi connectivity index (χ0n) is 14.4. The van der Waals surface area contributed by atoms with Gasteiger partial charge in [0.1, 0.15) is 17.1 Å². The van der Waals surface area contributed by atoms with Crippen LogP contribution < -0.4 is 9.47 Å². The van der Waals surface area contributed by atoms with Crippen molar-refractivity contribution < 1.29 is 14.6 Å². The molecule has 0 radical (unpaired) electrons. The number of nitrogens with zero attached hydrogens (tertiary/aromatic N) is 4. The van der Waals surface area contributed by atoms with Crippen molar-refractivity contribution in [3.05, 3.63) is 65.5 Å². The normalized spacial score (nSPS) is 11.4. The van der Waals surface area contributed by atoms with Crippen LogP contribution in [0.15, 0.2) is 48.5 Å². The van der Waals surface area contributed by atoms with Gasteiger partial charge in [-0.2, -0.15) is 0 Å². The van der Waals surface area contributed by atoms with E-state index < -0.39 is 5.60 Å². The monoisotopic (exact) mass is 340 g/mol. The Hall–Kier alpha value is -2.93. The van der Waals surface area contributed by atoms with Gasteiger partial charge in [-0.1, -0.05) is 24.3 Å². The maximum Gasteiger partial charge on any atom is 0.154 e. The molecule has 3 rings (SSSR count). The van der Waals surface area contributed by atoms with Crippen molar-refractivity contribution in [2.24, 2.45) is 7.05 Å². The topological polar surface area (TPSA) is 82.3 Å². The molecule has 0 bridgehead atoms. The van der Waals surface area contributed by atoms with Crippen LogP contribution in [0, 0.1) is 0 Å². The molecule has 0 spiro atoms. The van der Waals surface area contributed by atoms with E-state index in [2.05, 4.69) is 15.5 Å². The standard InChI is InChI=1S/C18H20N4O3/c1-22-17(19-20-21-22)12-18(23,13-4-8-15(24-2)9-5-13)14-6-10-16(25-3)11-7-14/h4-11,23H,12H2,1-3H3. The number of aliphatic hydroxyl groups is 1. The lowest BCUT2D eigenvalue weighted by Gasteiger charge is -2.29. The largest absolute Gasteiger partial charge is 0.497 e. The Labute approximate surface area is 145 Å². The molecule has 0 unspecified atom stereocenters. The van der Waals surface area contributed by atoms with Crippen molar-refractivity contribution >= 4 is 0 Å². The van der Waals surface area contributed by atoms with Crippen LogP contribution >= 0.6 is 0 Å². The third-order valence-corrected chi connectivity index (χ3v) is 4.26. The first-order valence-electron chi connectivity index (χ1n) is 7.79. The first-order valence-corrected chi connectivity index (χ1v) is 7.79. The van der Waals surface area contributed by atoms with Crippen molar-refractivity contribution in [1.29, 1.82) is 0 Å². The highest BCUT2D eigenvalue weighted by Crippen LogP contribution is 2.34. The van der Waals surface area contributed by atoms with Crippen molar-refractivity contribution in [3.63, 3.8) is 0 Å². The first kappa shape index (κ1) is 16.9. The molecule has 0 amide bonds. The summed E-state index contributed by atoms with van der Waals surface area (Å²) in [7, 11) is 4.96. The van der Waals surface area contributed by atoms with Crippen LogP contribution in [0.3, 0.4) is 0 Å². The van der Waals surface area contributed by atoms with Crippen LogP contribution in [0.4, 0.5) is 0 Å². The summed E-state index contributed by atoms with van der Waals surface area (Å²) in [6.07, 6.45) is 0.231. The number of rotatable bonds is 6.